The quantitative estimate of drug-likeness (QED) is 0.822. The SMILES string of the molecule is Cl.NC[C@H]1CCC[C@H]1C(=O)N1CCCCC1c1ccc(C(F)(F)F)cc1. The van der Waals surface area contributed by atoms with E-state index in [1.165, 1.54) is 12.1 Å². The Morgan fingerprint density at radius 3 is 2.38 bits per heavy atom. The van der Waals surface area contributed by atoms with E-state index in [9.17, 15) is 18.0 Å². The van der Waals surface area contributed by atoms with Crippen molar-refractivity contribution in [2.45, 2.75) is 50.7 Å². The number of hydrogen-bond acceptors (Lipinski definition) is 2. The molecular weight excluding hydrogens is 365 g/mol. The average Bonchev–Trinajstić information content (AvgIpc) is 3.09. The molecule has 1 amide bonds. The van der Waals surface area contributed by atoms with Gasteiger partial charge in [-0.1, -0.05) is 18.6 Å². The Bertz CT molecular complexity index is 606. The molecular formula is C19H26ClF3N2O. The zero-order valence-corrected chi connectivity index (χ0v) is 15.5. The van der Waals surface area contributed by atoms with Crippen molar-refractivity contribution >= 4 is 18.3 Å². The van der Waals surface area contributed by atoms with Crippen molar-refractivity contribution in [3.05, 3.63) is 35.4 Å². The Morgan fingerprint density at radius 1 is 1.08 bits per heavy atom. The van der Waals surface area contributed by atoms with Crippen molar-refractivity contribution in [1.82, 2.24) is 4.90 Å². The molecule has 146 valence electrons. The molecule has 3 nitrogen and oxygen atoms in total. The lowest BCUT2D eigenvalue weighted by molar-refractivity contribution is -0.141. The number of nitrogens with zero attached hydrogens (tertiary/aromatic N) is 1. The van der Waals surface area contributed by atoms with E-state index in [1.54, 1.807) is 0 Å². The van der Waals surface area contributed by atoms with Crippen LogP contribution in [0.2, 0.25) is 0 Å². The largest absolute Gasteiger partial charge is 0.416 e. The van der Waals surface area contributed by atoms with Gasteiger partial charge in [-0.05, 0) is 62.3 Å². The minimum absolute atomic E-state index is 0. The maximum atomic E-state index is 13.1. The van der Waals surface area contributed by atoms with Crippen molar-refractivity contribution in [1.29, 1.82) is 0 Å². The number of carbonyl (C=O) groups is 1. The van der Waals surface area contributed by atoms with Crippen molar-refractivity contribution in [3.8, 4) is 0 Å². The number of amides is 1. The van der Waals surface area contributed by atoms with Crippen LogP contribution in [0.15, 0.2) is 24.3 Å². The Balaban J connectivity index is 0.00000243. The van der Waals surface area contributed by atoms with Crippen LogP contribution >= 0.6 is 12.4 Å². The van der Waals surface area contributed by atoms with Gasteiger partial charge in [-0.2, -0.15) is 13.2 Å². The number of benzene rings is 1. The molecule has 1 aromatic carbocycles. The summed E-state index contributed by atoms with van der Waals surface area (Å²) in [6, 6.07) is 5.15. The molecule has 3 rings (SSSR count). The highest BCUT2D eigenvalue weighted by molar-refractivity contribution is 5.85. The third kappa shape index (κ3) is 4.34. The van der Waals surface area contributed by atoms with E-state index < -0.39 is 11.7 Å². The van der Waals surface area contributed by atoms with Crippen molar-refractivity contribution < 1.29 is 18.0 Å². The van der Waals surface area contributed by atoms with Crippen molar-refractivity contribution in [2.75, 3.05) is 13.1 Å². The molecule has 0 spiro atoms. The van der Waals surface area contributed by atoms with Crippen LogP contribution < -0.4 is 5.73 Å². The number of likely N-dealkylation sites (tertiary alicyclic amines) is 1. The summed E-state index contributed by atoms with van der Waals surface area (Å²) in [5.74, 6) is 0.347. The second kappa shape index (κ2) is 8.61. The molecule has 2 N–H and O–H groups in total. The van der Waals surface area contributed by atoms with Crippen LogP contribution in [0.4, 0.5) is 13.2 Å². The molecule has 0 bridgehead atoms. The third-order valence-corrected chi connectivity index (χ3v) is 5.69. The van der Waals surface area contributed by atoms with E-state index in [-0.39, 0.29) is 36.2 Å². The van der Waals surface area contributed by atoms with E-state index >= 15 is 0 Å². The molecule has 1 aromatic rings. The van der Waals surface area contributed by atoms with Crippen LogP contribution in [0.1, 0.15) is 55.7 Å². The molecule has 1 unspecified atom stereocenters. The predicted octanol–water partition coefficient (Wildman–Crippen LogP) is 4.56. The molecule has 1 aliphatic heterocycles. The van der Waals surface area contributed by atoms with Gasteiger partial charge in [0.05, 0.1) is 11.6 Å². The summed E-state index contributed by atoms with van der Waals surface area (Å²) < 4.78 is 38.3. The third-order valence-electron chi connectivity index (χ3n) is 5.69. The van der Waals surface area contributed by atoms with Crippen molar-refractivity contribution in [2.24, 2.45) is 17.6 Å². The number of piperidine rings is 1. The highest BCUT2D eigenvalue weighted by Crippen LogP contribution is 2.38. The maximum Gasteiger partial charge on any atom is 0.416 e. The maximum absolute atomic E-state index is 13.1. The van der Waals surface area contributed by atoms with Gasteiger partial charge in [0.25, 0.3) is 0 Å². The molecule has 0 aromatic heterocycles. The predicted molar refractivity (Wildman–Crippen MR) is 96.9 cm³/mol. The van der Waals surface area contributed by atoms with Gasteiger partial charge in [0, 0.05) is 12.5 Å². The molecule has 1 saturated carbocycles. The smallest absolute Gasteiger partial charge is 0.335 e. The molecule has 26 heavy (non-hydrogen) atoms. The van der Waals surface area contributed by atoms with Gasteiger partial charge in [0.15, 0.2) is 0 Å². The topological polar surface area (TPSA) is 46.3 Å². The Morgan fingerprint density at radius 2 is 1.77 bits per heavy atom. The van der Waals surface area contributed by atoms with E-state index in [1.807, 2.05) is 4.90 Å². The second-order valence-corrected chi connectivity index (χ2v) is 7.20. The number of nitrogens with two attached hydrogens (primary N) is 1. The highest BCUT2D eigenvalue weighted by Gasteiger charge is 2.38. The molecule has 1 heterocycles. The lowest BCUT2D eigenvalue weighted by Gasteiger charge is -2.38. The van der Waals surface area contributed by atoms with Crippen LogP contribution in [0.25, 0.3) is 0 Å². The van der Waals surface area contributed by atoms with Gasteiger partial charge >= 0.3 is 6.18 Å². The van der Waals surface area contributed by atoms with Crippen LogP contribution in [0.5, 0.6) is 0 Å². The van der Waals surface area contributed by atoms with Crippen LogP contribution in [-0.2, 0) is 11.0 Å². The normalized spacial score (nSPS) is 26.5. The lowest BCUT2D eigenvalue weighted by Crippen LogP contribution is -2.43. The summed E-state index contributed by atoms with van der Waals surface area (Å²) in [7, 11) is 0. The standard InChI is InChI=1S/C19H25F3N2O.ClH/c20-19(21,22)15-9-7-13(8-10-15)17-6-1-2-11-24(17)18(25)16-5-3-4-14(16)12-23;/h7-10,14,16-17H,1-6,11-12,23H2;1H/t14-,16-,17?;/m1./s1. The van der Waals surface area contributed by atoms with Gasteiger partial charge in [-0.15, -0.1) is 12.4 Å². The summed E-state index contributed by atoms with van der Waals surface area (Å²) in [5.41, 5.74) is 5.96. The summed E-state index contributed by atoms with van der Waals surface area (Å²) in [6.07, 6.45) is 1.29. The molecule has 7 heteroatoms. The zero-order chi connectivity index (χ0) is 18.0. The second-order valence-electron chi connectivity index (χ2n) is 7.20. The first-order valence-electron chi connectivity index (χ1n) is 9.09. The van der Waals surface area contributed by atoms with Gasteiger partial charge < -0.3 is 10.6 Å². The minimum atomic E-state index is -4.33. The lowest BCUT2D eigenvalue weighted by atomic mass is 9.90. The monoisotopic (exact) mass is 390 g/mol. The van der Waals surface area contributed by atoms with E-state index in [4.69, 9.17) is 5.73 Å². The fourth-order valence-electron chi connectivity index (χ4n) is 4.29. The Kier molecular flexibility index (Phi) is 6.97. The molecule has 2 aliphatic rings. The molecule has 0 radical (unpaired) electrons. The van der Waals surface area contributed by atoms with Crippen molar-refractivity contribution in [3.63, 3.8) is 0 Å². The Hall–Kier alpha value is -1.27. The van der Waals surface area contributed by atoms with Gasteiger partial charge in [-0.25, -0.2) is 0 Å². The first-order chi connectivity index (χ1) is 11.9. The number of rotatable bonds is 3. The van der Waals surface area contributed by atoms with E-state index in [2.05, 4.69) is 0 Å². The fraction of sp³-hybridized carbons (Fsp3) is 0.632. The summed E-state index contributed by atoms with van der Waals surface area (Å²) in [4.78, 5) is 15.0. The number of halogens is 4. The highest BCUT2D eigenvalue weighted by atomic mass is 35.5. The Labute approximate surface area is 158 Å². The number of alkyl halides is 3. The van der Waals surface area contributed by atoms with Gasteiger partial charge in [-0.3, -0.25) is 4.79 Å². The molecule has 2 fully saturated rings. The fourth-order valence-corrected chi connectivity index (χ4v) is 4.29. The zero-order valence-electron chi connectivity index (χ0n) is 14.7. The minimum Gasteiger partial charge on any atom is -0.335 e. The summed E-state index contributed by atoms with van der Waals surface area (Å²) >= 11 is 0. The van der Waals surface area contributed by atoms with Crippen LogP contribution in [0.3, 0.4) is 0 Å². The van der Waals surface area contributed by atoms with E-state index in [0.29, 0.717) is 13.1 Å². The van der Waals surface area contributed by atoms with Gasteiger partial charge in [0.2, 0.25) is 5.91 Å². The van der Waals surface area contributed by atoms with E-state index in [0.717, 1.165) is 56.2 Å². The summed E-state index contributed by atoms with van der Waals surface area (Å²) in [5, 5.41) is 0. The first kappa shape index (κ1) is 21.0. The number of carbonyl (C=O) groups excluding carboxylic acids is 1. The first-order valence-corrected chi connectivity index (χ1v) is 9.09. The average molecular weight is 391 g/mol. The molecule has 3 atom stereocenters. The van der Waals surface area contributed by atoms with Crippen LogP contribution in [0, 0.1) is 11.8 Å². The summed E-state index contributed by atoms with van der Waals surface area (Å²) in [6.45, 7) is 1.20. The van der Waals surface area contributed by atoms with Crippen LogP contribution in [-0.4, -0.2) is 23.9 Å². The molecule has 1 saturated heterocycles. The van der Waals surface area contributed by atoms with Gasteiger partial charge in [0.1, 0.15) is 0 Å². The number of hydrogen-bond donors (Lipinski definition) is 1. The molecule has 1 aliphatic carbocycles.